The molecule has 1 fully saturated rings. The average molecular weight is 560 g/mol. The van der Waals surface area contributed by atoms with Crippen LogP contribution < -0.4 is 15.5 Å². The molecule has 3 atom stereocenters. The zero-order valence-electron chi connectivity index (χ0n) is 21.7. The molecule has 10 nitrogen and oxygen atoms in total. The van der Waals surface area contributed by atoms with Gasteiger partial charge in [-0.1, -0.05) is 6.58 Å². The molecule has 0 aliphatic carbocycles. The maximum absolute atomic E-state index is 14.0. The predicted octanol–water partition coefficient (Wildman–Crippen LogP) is 5.24. The molecule has 0 spiro atoms. The van der Waals surface area contributed by atoms with Crippen LogP contribution in [0.25, 0.3) is 11.1 Å². The molecule has 1 saturated heterocycles. The van der Waals surface area contributed by atoms with Gasteiger partial charge in [0.25, 0.3) is 0 Å². The van der Waals surface area contributed by atoms with Gasteiger partial charge in [0.15, 0.2) is 0 Å². The highest BCUT2D eigenvalue weighted by molar-refractivity contribution is 6.01. The van der Waals surface area contributed by atoms with Crippen LogP contribution in [-0.4, -0.2) is 50.8 Å². The summed E-state index contributed by atoms with van der Waals surface area (Å²) < 4.78 is 59.1. The minimum atomic E-state index is -4.70. The highest BCUT2D eigenvalue weighted by Crippen LogP contribution is 2.36. The average Bonchev–Trinajstić information content (AvgIpc) is 3.30. The number of nitrogens with one attached hydrogen (secondary N) is 2. The standard InChI is InChI=1S/C26H25F4N7O3/c1-5-23(38)35-19-11-33-21(26(28,29)30)9-16(19)17-10-32-18(8-13(17)2)15(4)34-24-31-7-6-22(36-24)37-20(14(3)27)12-40-25(37)39/h5-11,14-15,20H,1,12H2,2-4H3,(H,35,38)(H,31,34,36)/t14-,15-,20+/m0/s1. The smallest absolute Gasteiger partial charge is 0.433 e. The van der Waals surface area contributed by atoms with Crippen LogP contribution >= 0.6 is 0 Å². The van der Waals surface area contributed by atoms with E-state index < -0.39 is 42.1 Å². The van der Waals surface area contributed by atoms with Crippen LogP contribution in [0.1, 0.15) is 36.8 Å². The third-order valence-electron chi connectivity index (χ3n) is 6.17. The van der Waals surface area contributed by atoms with E-state index >= 15 is 0 Å². The van der Waals surface area contributed by atoms with Crippen LogP contribution in [0.2, 0.25) is 0 Å². The SMILES string of the molecule is C=CC(=O)Nc1cnc(C(F)(F)F)cc1-c1cnc([C@H](C)Nc2nccc(N3C(=O)OC[C@@H]3[C@H](C)F)n2)cc1C. The van der Waals surface area contributed by atoms with Gasteiger partial charge >= 0.3 is 12.3 Å². The maximum atomic E-state index is 14.0. The molecule has 0 aromatic carbocycles. The molecule has 40 heavy (non-hydrogen) atoms. The molecule has 0 saturated carbocycles. The van der Waals surface area contributed by atoms with Crippen molar-refractivity contribution in [1.82, 2.24) is 19.9 Å². The number of aryl methyl sites for hydroxylation is 1. The van der Waals surface area contributed by atoms with Crippen molar-refractivity contribution in [3.63, 3.8) is 0 Å². The second-order valence-corrected chi connectivity index (χ2v) is 9.03. The van der Waals surface area contributed by atoms with Gasteiger partial charge in [-0.3, -0.25) is 14.7 Å². The van der Waals surface area contributed by atoms with Crippen molar-refractivity contribution in [3.8, 4) is 11.1 Å². The molecular weight excluding hydrogens is 534 g/mol. The number of carbonyl (C=O) groups is 2. The zero-order valence-corrected chi connectivity index (χ0v) is 21.7. The highest BCUT2D eigenvalue weighted by atomic mass is 19.4. The Balaban J connectivity index is 1.61. The summed E-state index contributed by atoms with van der Waals surface area (Å²) in [6, 6.07) is 2.67. The lowest BCUT2D eigenvalue weighted by atomic mass is 9.99. The summed E-state index contributed by atoms with van der Waals surface area (Å²) in [6.07, 6.45) is -2.03. The van der Waals surface area contributed by atoms with Crippen molar-refractivity contribution < 1.29 is 31.9 Å². The van der Waals surface area contributed by atoms with Gasteiger partial charge in [-0.25, -0.2) is 19.2 Å². The number of aromatic nitrogens is 4. The predicted molar refractivity (Wildman–Crippen MR) is 138 cm³/mol. The van der Waals surface area contributed by atoms with Crippen molar-refractivity contribution in [2.24, 2.45) is 0 Å². The molecule has 0 unspecified atom stereocenters. The Kier molecular flexibility index (Phi) is 7.98. The number of ether oxygens (including phenoxy) is 1. The molecule has 4 rings (SSSR count). The molecule has 1 aliphatic rings. The summed E-state index contributed by atoms with van der Waals surface area (Å²) >= 11 is 0. The van der Waals surface area contributed by atoms with Crippen molar-refractivity contribution in [2.45, 2.75) is 45.2 Å². The summed E-state index contributed by atoms with van der Waals surface area (Å²) in [4.78, 5) is 41.5. The topological polar surface area (TPSA) is 122 Å². The van der Waals surface area contributed by atoms with E-state index in [1.165, 1.54) is 25.4 Å². The van der Waals surface area contributed by atoms with Gasteiger partial charge in [-0.05, 0) is 50.6 Å². The number of alkyl halides is 4. The quantitative estimate of drug-likeness (QED) is 0.284. The summed E-state index contributed by atoms with van der Waals surface area (Å²) in [7, 11) is 0. The number of rotatable bonds is 8. The molecule has 2 N–H and O–H groups in total. The van der Waals surface area contributed by atoms with E-state index in [1.54, 1.807) is 19.9 Å². The molecule has 0 radical (unpaired) electrons. The van der Waals surface area contributed by atoms with Crippen molar-refractivity contribution >= 4 is 29.5 Å². The Bertz CT molecular complexity index is 1450. The normalized spacial score (nSPS) is 16.7. The van der Waals surface area contributed by atoms with Crippen LogP contribution in [0.15, 0.2) is 49.4 Å². The van der Waals surface area contributed by atoms with Gasteiger partial charge in [-0.2, -0.15) is 18.2 Å². The highest BCUT2D eigenvalue weighted by Gasteiger charge is 2.39. The molecule has 4 heterocycles. The fraction of sp³-hybridized carbons (Fsp3) is 0.308. The maximum Gasteiger partial charge on any atom is 0.433 e. The van der Waals surface area contributed by atoms with Crippen LogP contribution in [0.3, 0.4) is 0 Å². The molecule has 210 valence electrons. The van der Waals surface area contributed by atoms with E-state index in [0.29, 0.717) is 16.8 Å². The number of cyclic esters (lactones) is 1. The van der Waals surface area contributed by atoms with E-state index in [9.17, 15) is 27.2 Å². The minimum absolute atomic E-state index is 0.0632. The minimum Gasteiger partial charge on any atom is -0.447 e. The van der Waals surface area contributed by atoms with E-state index in [2.05, 4.69) is 37.1 Å². The first-order chi connectivity index (χ1) is 18.9. The van der Waals surface area contributed by atoms with E-state index in [-0.39, 0.29) is 29.6 Å². The molecule has 3 aromatic rings. The lowest BCUT2D eigenvalue weighted by Crippen LogP contribution is -2.39. The van der Waals surface area contributed by atoms with Crippen LogP contribution in [0.4, 0.5) is 39.8 Å². The van der Waals surface area contributed by atoms with E-state index in [0.717, 1.165) is 23.2 Å². The van der Waals surface area contributed by atoms with Gasteiger partial charge < -0.3 is 15.4 Å². The van der Waals surface area contributed by atoms with Crippen LogP contribution in [0.5, 0.6) is 0 Å². The van der Waals surface area contributed by atoms with Gasteiger partial charge in [0.1, 0.15) is 30.3 Å². The number of halogens is 4. The molecule has 2 amide bonds. The summed E-state index contributed by atoms with van der Waals surface area (Å²) in [5.74, 6) is -0.315. The van der Waals surface area contributed by atoms with Gasteiger partial charge in [0.05, 0.1) is 23.6 Å². The molecular formula is C26H25F4N7O3. The van der Waals surface area contributed by atoms with Gasteiger partial charge in [0, 0.05) is 23.5 Å². The summed E-state index contributed by atoms with van der Waals surface area (Å²) in [5, 5.41) is 5.53. The van der Waals surface area contributed by atoms with Crippen molar-refractivity contribution in [2.75, 3.05) is 22.1 Å². The first kappa shape index (κ1) is 28.4. The fourth-order valence-electron chi connectivity index (χ4n) is 4.07. The Labute approximate surface area is 226 Å². The third-order valence-corrected chi connectivity index (χ3v) is 6.17. The number of amides is 2. The summed E-state index contributed by atoms with van der Waals surface area (Å²) in [6.45, 7) is 8.03. The first-order valence-corrected chi connectivity index (χ1v) is 12.1. The third kappa shape index (κ3) is 6.00. The van der Waals surface area contributed by atoms with E-state index in [4.69, 9.17) is 4.74 Å². The second kappa shape index (κ2) is 11.2. The van der Waals surface area contributed by atoms with Crippen molar-refractivity contribution in [1.29, 1.82) is 0 Å². The van der Waals surface area contributed by atoms with Crippen molar-refractivity contribution in [3.05, 3.63) is 66.4 Å². The zero-order chi connectivity index (χ0) is 29.2. The monoisotopic (exact) mass is 559 g/mol. The van der Waals surface area contributed by atoms with Gasteiger partial charge in [0.2, 0.25) is 11.9 Å². The number of hydrogen-bond donors (Lipinski definition) is 2. The Morgan fingerprint density at radius 2 is 1.95 bits per heavy atom. The van der Waals surface area contributed by atoms with Crippen LogP contribution in [0, 0.1) is 6.92 Å². The van der Waals surface area contributed by atoms with E-state index in [1.807, 2.05) is 0 Å². The molecule has 1 aliphatic heterocycles. The first-order valence-electron chi connectivity index (χ1n) is 12.1. The number of carbonyl (C=O) groups excluding carboxylic acids is 2. The Morgan fingerprint density at radius 3 is 2.60 bits per heavy atom. The number of hydrogen-bond acceptors (Lipinski definition) is 8. The molecule has 3 aromatic heterocycles. The number of nitrogens with zero attached hydrogens (tertiary/aromatic N) is 5. The Hall–Kier alpha value is -4.62. The molecule has 0 bridgehead atoms. The summed E-state index contributed by atoms with van der Waals surface area (Å²) in [5.41, 5.74) is 0.448. The fourth-order valence-corrected chi connectivity index (χ4v) is 4.07. The number of anilines is 3. The van der Waals surface area contributed by atoms with Crippen LogP contribution in [-0.2, 0) is 15.7 Å². The largest absolute Gasteiger partial charge is 0.447 e. The second-order valence-electron chi connectivity index (χ2n) is 9.03. The lowest BCUT2D eigenvalue weighted by molar-refractivity contribution is -0.141. The molecule has 14 heteroatoms. The Morgan fingerprint density at radius 1 is 1.20 bits per heavy atom. The lowest BCUT2D eigenvalue weighted by Gasteiger charge is -2.22. The van der Waals surface area contributed by atoms with Gasteiger partial charge in [-0.15, -0.1) is 0 Å². The number of pyridine rings is 2.